The van der Waals surface area contributed by atoms with Crippen LogP contribution in [0.4, 0.5) is 4.79 Å². The molecule has 0 aromatic heterocycles. The second kappa shape index (κ2) is 17.5. The first-order chi connectivity index (χ1) is 16.5. The first kappa shape index (κ1) is 29.3. The molecule has 0 aromatic rings. The zero-order chi connectivity index (χ0) is 24.5. The van der Waals surface area contributed by atoms with Gasteiger partial charge >= 0.3 is 6.09 Å². The van der Waals surface area contributed by atoms with Gasteiger partial charge in [-0.3, -0.25) is 0 Å². The first-order valence-electron chi connectivity index (χ1n) is 13.1. The van der Waals surface area contributed by atoms with Crippen LogP contribution in [0, 0.1) is 0 Å². The molecule has 2 aliphatic rings. The minimum Gasteiger partial charge on any atom is -0.444 e. The summed E-state index contributed by atoms with van der Waals surface area (Å²) in [4.78, 5) is 14.2. The number of nitrogens with zero attached hydrogens (tertiary/aromatic N) is 1. The van der Waals surface area contributed by atoms with Crippen molar-refractivity contribution in [3.63, 3.8) is 0 Å². The largest absolute Gasteiger partial charge is 0.444 e. The fourth-order valence-electron chi connectivity index (χ4n) is 3.53. The number of hydrogen-bond donors (Lipinski definition) is 1. The van der Waals surface area contributed by atoms with Crippen molar-refractivity contribution in [3.8, 4) is 0 Å². The predicted molar refractivity (Wildman–Crippen MR) is 130 cm³/mol. The Morgan fingerprint density at radius 1 is 0.735 bits per heavy atom. The zero-order valence-corrected chi connectivity index (χ0v) is 21.7. The van der Waals surface area contributed by atoms with E-state index in [1.807, 2.05) is 25.7 Å². The molecular weight excluding hydrogens is 440 g/mol. The number of rotatable bonds is 20. The van der Waals surface area contributed by atoms with E-state index in [0.717, 1.165) is 26.0 Å². The minimum absolute atomic E-state index is 0.248. The van der Waals surface area contributed by atoms with E-state index in [4.69, 9.17) is 28.4 Å². The molecule has 2 rings (SSSR count). The van der Waals surface area contributed by atoms with Gasteiger partial charge in [0.05, 0.1) is 66.1 Å². The molecule has 34 heavy (non-hydrogen) atoms. The van der Waals surface area contributed by atoms with Crippen LogP contribution in [0.2, 0.25) is 0 Å². The molecule has 0 heterocycles. The Bertz CT molecular complexity index is 522. The van der Waals surface area contributed by atoms with Crippen LogP contribution in [0.1, 0.15) is 59.3 Å². The maximum atomic E-state index is 12.4. The van der Waals surface area contributed by atoms with E-state index in [2.05, 4.69) is 5.32 Å². The maximum absolute atomic E-state index is 12.4. The normalized spacial score (nSPS) is 16.8. The Labute approximate surface area is 206 Å². The number of carbonyl (C=O) groups excluding carboxylic acids is 1. The highest BCUT2D eigenvalue weighted by Gasteiger charge is 2.31. The fourth-order valence-corrected chi connectivity index (χ4v) is 3.53. The van der Waals surface area contributed by atoms with E-state index in [1.54, 1.807) is 0 Å². The van der Waals surface area contributed by atoms with E-state index in [9.17, 15) is 4.79 Å². The molecule has 9 heteroatoms. The summed E-state index contributed by atoms with van der Waals surface area (Å²) in [5.41, 5.74) is -0.484. The van der Waals surface area contributed by atoms with Crippen molar-refractivity contribution >= 4 is 6.09 Å². The third-order valence-corrected chi connectivity index (χ3v) is 5.89. The van der Waals surface area contributed by atoms with Crippen LogP contribution in [-0.4, -0.2) is 108 Å². The summed E-state index contributed by atoms with van der Waals surface area (Å²) in [5, 5.41) is 3.47. The molecular formula is C25H48N2O7. The van der Waals surface area contributed by atoms with E-state index in [1.165, 1.54) is 25.7 Å². The molecule has 2 saturated carbocycles. The number of amides is 1. The molecule has 0 bridgehead atoms. The summed E-state index contributed by atoms with van der Waals surface area (Å²) >= 11 is 0. The van der Waals surface area contributed by atoms with E-state index in [-0.39, 0.29) is 12.1 Å². The average molecular weight is 489 g/mol. The lowest BCUT2D eigenvalue weighted by atomic mass is 9.92. The smallest absolute Gasteiger partial charge is 0.410 e. The zero-order valence-electron chi connectivity index (χ0n) is 21.7. The summed E-state index contributed by atoms with van der Waals surface area (Å²) in [5.74, 6) is 0. The van der Waals surface area contributed by atoms with Crippen LogP contribution in [0.25, 0.3) is 0 Å². The van der Waals surface area contributed by atoms with Crippen molar-refractivity contribution in [1.29, 1.82) is 0 Å². The highest BCUT2D eigenvalue weighted by molar-refractivity contribution is 5.68. The fraction of sp³-hybridized carbons (Fsp3) is 0.960. The van der Waals surface area contributed by atoms with Gasteiger partial charge in [0.1, 0.15) is 5.60 Å². The number of ether oxygens (including phenoxy) is 6. The number of hydrogen-bond acceptors (Lipinski definition) is 8. The first-order valence-corrected chi connectivity index (χ1v) is 13.1. The van der Waals surface area contributed by atoms with Gasteiger partial charge in [0, 0.05) is 25.2 Å². The molecule has 1 amide bonds. The molecule has 0 unspecified atom stereocenters. The summed E-state index contributed by atoms with van der Waals surface area (Å²) in [6, 6.07) is 0.995. The van der Waals surface area contributed by atoms with E-state index in [0.29, 0.717) is 72.0 Å². The van der Waals surface area contributed by atoms with Gasteiger partial charge in [-0.1, -0.05) is 6.42 Å². The van der Waals surface area contributed by atoms with Crippen LogP contribution in [-0.2, 0) is 28.4 Å². The molecule has 9 nitrogen and oxygen atoms in total. The van der Waals surface area contributed by atoms with Crippen molar-refractivity contribution in [2.24, 2.45) is 0 Å². The highest BCUT2D eigenvalue weighted by Crippen LogP contribution is 2.26. The van der Waals surface area contributed by atoms with Crippen molar-refractivity contribution in [2.45, 2.75) is 77.0 Å². The van der Waals surface area contributed by atoms with Crippen LogP contribution in [0.3, 0.4) is 0 Å². The van der Waals surface area contributed by atoms with Gasteiger partial charge in [-0.15, -0.1) is 0 Å². The highest BCUT2D eigenvalue weighted by atomic mass is 16.6. The Hall–Kier alpha value is -0.970. The average Bonchev–Trinajstić information content (AvgIpc) is 2.70. The van der Waals surface area contributed by atoms with Gasteiger partial charge in [0.15, 0.2) is 0 Å². The molecule has 1 N–H and O–H groups in total. The maximum Gasteiger partial charge on any atom is 0.410 e. The molecule has 0 aromatic carbocycles. The molecule has 0 atom stereocenters. The number of carbonyl (C=O) groups is 1. The molecule has 2 aliphatic carbocycles. The Kier molecular flexibility index (Phi) is 15.0. The van der Waals surface area contributed by atoms with Crippen LogP contribution in [0.15, 0.2) is 0 Å². The molecule has 0 radical (unpaired) electrons. The molecule has 0 aliphatic heterocycles. The predicted octanol–water partition coefficient (Wildman–Crippen LogP) is 3.00. The minimum atomic E-state index is -0.484. The van der Waals surface area contributed by atoms with Crippen molar-refractivity contribution < 1.29 is 33.2 Å². The van der Waals surface area contributed by atoms with Crippen molar-refractivity contribution in [3.05, 3.63) is 0 Å². The topological polar surface area (TPSA) is 87.7 Å². The summed E-state index contributed by atoms with van der Waals surface area (Å²) in [6.45, 7) is 12.7. The van der Waals surface area contributed by atoms with Gasteiger partial charge in [0.2, 0.25) is 0 Å². The van der Waals surface area contributed by atoms with Gasteiger partial charge in [0.25, 0.3) is 0 Å². The lowest BCUT2D eigenvalue weighted by Gasteiger charge is -2.38. The van der Waals surface area contributed by atoms with Crippen LogP contribution < -0.4 is 5.32 Å². The van der Waals surface area contributed by atoms with Gasteiger partial charge in [-0.25, -0.2) is 4.79 Å². The Morgan fingerprint density at radius 2 is 1.21 bits per heavy atom. The SMILES string of the molecule is CC(C)(C)OC(=O)N(CCOCCOCCOCCOCCOCCNC1CCC1)C1CCC1. The second-order valence-corrected chi connectivity index (χ2v) is 9.90. The molecule has 0 saturated heterocycles. The monoisotopic (exact) mass is 488 g/mol. The summed E-state index contributed by atoms with van der Waals surface area (Å²) < 4.78 is 33.2. The van der Waals surface area contributed by atoms with Crippen LogP contribution >= 0.6 is 0 Å². The summed E-state index contributed by atoms with van der Waals surface area (Å²) in [7, 11) is 0. The van der Waals surface area contributed by atoms with Gasteiger partial charge < -0.3 is 38.6 Å². The Morgan fingerprint density at radius 3 is 1.62 bits per heavy atom. The molecule has 200 valence electrons. The van der Waals surface area contributed by atoms with Gasteiger partial charge in [-0.05, 0) is 52.9 Å². The third-order valence-electron chi connectivity index (χ3n) is 5.89. The van der Waals surface area contributed by atoms with E-state index >= 15 is 0 Å². The van der Waals surface area contributed by atoms with E-state index < -0.39 is 5.60 Å². The van der Waals surface area contributed by atoms with Crippen LogP contribution in [0.5, 0.6) is 0 Å². The van der Waals surface area contributed by atoms with Gasteiger partial charge in [-0.2, -0.15) is 0 Å². The molecule has 2 fully saturated rings. The standard InChI is InChI=1S/C25H48N2O7/c1-25(2,3)34-24(28)27(23-8-5-9-23)11-13-30-15-17-32-19-21-33-20-18-31-16-14-29-12-10-26-22-6-4-7-22/h22-23,26H,4-21H2,1-3H3. The van der Waals surface area contributed by atoms with Crippen molar-refractivity contribution in [1.82, 2.24) is 10.2 Å². The third kappa shape index (κ3) is 13.8. The van der Waals surface area contributed by atoms with Crippen molar-refractivity contribution in [2.75, 3.05) is 79.2 Å². The molecule has 0 spiro atoms. The summed E-state index contributed by atoms with van der Waals surface area (Å²) in [6.07, 6.45) is 6.96. The Balaban J connectivity index is 1.30. The quantitative estimate of drug-likeness (QED) is 0.262. The lowest BCUT2D eigenvalue weighted by Crippen LogP contribution is -2.47. The lowest BCUT2D eigenvalue weighted by molar-refractivity contribution is -0.0186. The second-order valence-electron chi connectivity index (χ2n) is 9.90. The number of nitrogens with one attached hydrogen (secondary N) is 1.